The topological polar surface area (TPSA) is 73.8 Å². The summed E-state index contributed by atoms with van der Waals surface area (Å²) in [5, 5.41) is 3.75. The van der Waals surface area contributed by atoms with E-state index in [-0.39, 0.29) is 17.5 Å². The summed E-state index contributed by atoms with van der Waals surface area (Å²) in [6.45, 7) is 7.45. The molecule has 0 spiro atoms. The maximum Gasteiger partial charge on any atom is 0.230 e. The van der Waals surface area contributed by atoms with Crippen LogP contribution in [-0.2, 0) is 9.53 Å². The van der Waals surface area contributed by atoms with Gasteiger partial charge in [0.2, 0.25) is 5.91 Å². The number of anilines is 2. The smallest absolute Gasteiger partial charge is 0.230 e. The van der Waals surface area contributed by atoms with Crippen molar-refractivity contribution >= 4 is 40.8 Å². The summed E-state index contributed by atoms with van der Waals surface area (Å²) < 4.78 is 19.4. The normalized spacial score (nSPS) is 17.3. The molecule has 2 saturated heterocycles. The fourth-order valence-electron chi connectivity index (χ4n) is 3.86. The molecule has 4 rings (SSSR count). The van der Waals surface area contributed by atoms with Gasteiger partial charge >= 0.3 is 0 Å². The summed E-state index contributed by atoms with van der Waals surface area (Å²) >= 11 is 7.50. The number of halogens is 2. The molecule has 11 heteroatoms. The number of hydrogen-bond acceptors (Lipinski definition) is 8. The second-order valence-electron chi connectivity index (χ2n) is 7.85. The minimum atomic E-state index is -0.210. The first-order valence-electron chi connectivity index (χ1n) is 11.1. The Morgan fingerprint density at radius 1 is 1.09 bits per heavy atom. The number of rotatable bonds is 8. The number of thioether (sulfide) groups is 1. The van der Waals surface area contributed by atoms with E-state index in [1.54, 1.807) is 18.2 Å². The maximum atomic E-state index is 14.1. The fourth-order valence-corrected chi connectivity index (χ4v) is 4.77. The zero-order valence-corrected chi connectivity index (χ0v) is 20.0. The number of morpholine rings is 1. The Bertz CT molecular complexity index is 941. The number of ether oxygens (including phenoxy) is 1. The molecule has 0 atom stereocenters. The number of aromatic nitrogens is 2. The van der Waals surface area contributed by atoms with E-state index in [2.05, 4.69) is 25.1 Å². The minimum Gasteiger partial charge on any atom is -0.379 e. The Morgan fingerprint density at radius 3 is 2.58 bits per heavy atom. The Morgan fingerprint density at radius 2 is 1.82 bits per heavy atom. The zero-order chi connectivity index (χ0) is 23.0. The highest BCUT2D eigenvalue weighted by atomic mass is 35.5. The van der Waals surface area contributed by atoms with Gasteiger partial charge in [0.15, 0.2) is 5.16 Å². The predicted octanol–water partition coefficient (Wildman–Crippen LogP) is 2.14. The number of amides is 1. The van der Waals surface area contributed by atoms with Gasteiger partial charge in [0.05, 0.1) is 24.7 Å². The van der Waals surface area contributed by atoms with Crippen molar-refractivity contribution in [2.45, 2.75) is 5.16 Å². The summed E-state index contributed by atoms with van der Waals surface area (Å²) in [4.78, 5) is 27.5. The lowest BCUT2D eigenvalue weighted by atomic mass is 10.2. The van der Waals surface area contributed by atoms with E-state index in [9.17, 15) is 9.18 Å². The molecular formula is C22H28ClFN6O2S. The molecule has 2 aromatic rings. The van der Waals surface area contributed by atoms with Crippen molar-refractivity contribution in [1.29, 1.82) is 0 Å². The molecule has 0 aliphatic carbocycles. The summed E-state index contributed by atoms with van der Waals surface area (Å²) in [7, 11) is 0. The second kappa shape index (κ2) is 11.8. The molecule has 0 unspecified atom stereocenters. The first-order chi connectivity index (χ1) is 16.1. The van der Waals surface area contributed by atoms with E-state index >= 15 is 0 Å². The lowest BCUT2D eigenvalue weighted by Crippen LogP contribution is -2.47. The molecule has 3 heterocycles. The average Bonchev–Trinajstić information content (AvgIpc) is 2.84. The van der Waals surface area contributed by atoms with Crippen molar-refractivity contribution in [2.75, 3.05) is 81.1 Å². The summed E-state index contributed by atoms with van der Waals surface area (Å²) in [5.41, 5.74) is 0.619. The van der Waals surface area contributed by atoms with Crippen LogP contribution in [0.4, 0.5) is 15.9 Å². The number of benzene rings is 1. The van der Waals surface area contributed by atoms with E-state index in [4.69, 9.17) is 16.3 Å². The molecule has 33 heavy (non-hydrogen) atoms. The second-order valence-corrected chi connectivity index (χ2v) is 9.18. The number of carbonyl (C=O) groups is 1. The van der Waals surface area contributed by atoms with Gasteiger partial charge in [-0.05, 0) is 12.1 Å². The molecule has 8 nitrogen and oxygen atoms in total. The van der Waals surface area contributed by atoms with E-state index in [1.807, 2.05) is 11.0 Å². The number of hydrogen-bond donors (Lipinski definition) is 1. The van der Waals surface area contributed by atoms with Gasteiger partial charge in [0, 0.05) is 58.4 Å². The standard InChI is InChI=1S/C22H28ClFN6O2S/c23-19-15-20(30-9-7-29(8-10-30)18-4-2-1-3-17(18)24)27-22(26-19)33-16-21(31)25-5-6-28-11-13-32-14-12-28/h1-4,15H,5-14,16H2,(H,25,31). The van der Waals surface area contributed by atoms with Gasteiger partial charge < -0.3 is 19.9 Å². The molecule has 2 aliphatic heterocycles. The number of nitrogens with one attached hydrogen (secondary N) is 1. The summed E-state index contributed by atoms with van der Waals surface area (Å²) in [6.07, 6.45) is 0. The average molecular weight is 495 g/mol. The molecule has 0 bridgehead atoms. The van der Waals surface area contributed by atoms with Crippen molar-refractivity contribution in [3.8, 4) is 0 Å². The van der Waals surface area contributed by atoms with Gasteiger partial charge in [-0.25, -0.2) is 14.4 Å². The Labute approximate surface area is 202 Å². The molecule has 2 aliphatic rings. The fraction of sp³-hybridized carbons (Fsp3) is 0.500. The highest BCUT2D eigenvalue weighted by Crippen LogP contribution is 2.25. The first kappa shape index (κ1) is 24.0. The number of para-hydroxylation sites is 1. The van der Waals surface area contributed by atoms with Crippen LogP contribution in [0.5, 0.6) is 0 Å². The van der Waals surface area contributed by atoms with Crippen molar-refractivity contribution in [2.24, 2.45) is 0 Å². The van der Waals surface area contributed by atoms with Gasteiger partial charge in [0.25, 0.3) is 0 Å². The summed E-state index contributed by atoms with van der Waals surface area (Å²) in [6, 6.07) is 8.55. The largest absolute Gasteiger partial charge is 0.379 e. The Kier molecular flexibility index (Phi) is 8.60. The highest BCUT2D eigenvalue weighted by molar-refractivity contribution is 7.99. The first-order valence-corrected chi connectivity index (χ1v) is 12.4. The third-order valence-electron chi connectivity index (χ3n) is 5.64. The Hall–Kier alpha value is -2.14. The zero-order valence-electron chi connectivity index (χ0n) is 18.4. The third kappa shape index (κ3) is 6.92. The van der Waals surface area contributed by atoms with Crippen LogP contribution in [0.2, 0.25) is 5.15 Å². The van der Waals surface area contributed by atoms with Gasteiger partial charge in [-0.1, -0.05) is 35.5 Å². The molecule has 2 fully saturated rings. The number of nitrogens with zero attached hydrogens (tertiary/aromatic N) is 5. The predicted molar refractivity (Wildman–Crippen MR) is 129 cm³/mol. The monoisotopic (exact) mass is 494 g/mol. The van der Waals surface area contributed by atoms with Crippen LogP contribution in [0.1, 0.15) is 0 Å². The van der Waals surface area contributed by atoms with Crippen molar-refractivity contribution in [1.82, 2.24) is 20.2 Å². The molecule has 1 aromatic carbocycles. The van der Waals surface area contributed by atoms with Crippen LogP contribution >= 0.6 is 23.4 Å². The van der Waals surface area contributed by atoms with E-state index < -0.39 is 0 Å². The Balaban J connectivity index is 1.25. The van der Waals surface area contributed by atoms with Gasteiger partial charge in [-0.2, -0.15) is 0 Å². The number of piperazine rings is 1. The van der Waals surface area contributed by atoms with Crippen LogP contribution in [0.15, 0.2) is 35.5 Å². The molecule has 1 aromatic heterocycles. The molecule has 0 radical (unpaired) electrons. The van der Waals surface area contributed by atoms with E-state index in [0.29, 0.717) is 48.7 Å². The third-order valence-corrected chi connectivity index (χ3v) is 6.68. The van der Waals surface area contributed by atoms with Crippen LogP contribution in [-0.4, -0.2) is 92.1 Å². The molecule has 1 N–H and O–H groups in total. The molecular weight excluding hydrogens is 467 g/mol. The highest BCUT2D eigenvalue weighted by Gasteiger charge is 2.21. The van der Waals surface area contributed by atoms with Crippen LogP contribution in [0.25, 0.3) is 0 Å². The van der Waals surface area contributed by atoms with Gasteiger partial charge in [-0.3, -0.25) is 9.69 Å². The lowest BCUT2D eigenvalue weighted by Gasteiger charge is -2.36. The quantitative estimate of drug-likeness (QED) is 0.340. The summed E-state index contributed by atoms with van der Waals surface area (Å²) in [5.74, 6) is 0.678. The van der Waals surface area contributed by atoms with Crippen molar-refractivity contribution < 1.29 is 13.9 Å². The van der Waals surface area contributed by atoms with E-state index in [1.165, 1.54) is 17.8 Å². The molecule has 0 saturated carbocycles. The SMILES string of the molecule is O=C(CSc1nc(Cl)cc(N2CCN(c3ccccc3F)CC2)n1)NCCN1CCOCC1. The van der Waals surface area contributed by atoms with Crippen molar-refractivity contribution in [3.63, 3.8) is 0 Å². The molecule has 178 valence electrons. The van der Waals surface area contributed by atoms with Crippen LogP contribution < -0.4 is 15.1 Å². The van der Waals surface area contributed by atoms with Crippen LogP contribution in [0, 0.1) is 5.82 Å². The lowest BCUT2D eigenvalue weighted by molar-refractivity contribution is -0.118. The van der Waals surface area contributed by atoms with Crippen molar-refractivity contribution in [3.05, 3.63) is 41.3 Å². The number of carbonyl (C=O) groups excluding carboxylic acids is 1. The van der Waals surface area contributed by atoms with E-state index in [0.717, 1.165) is 38.7 Å². The van der Waals surface area contributed by atoms with Gasteiger partial charge in [-0.15, -0.1) is 0 Å². The van der Waals surface area contributed by atoms with Gasteiger partial charge in [0.1, 0.15) is 16.8 Å². The van der Waals surface area contributed by atoms with Crippen LogP contribution in [0.3, 0.4) is 0 Å². The maximum absolute atomic E-state index is 14.1. The molecule has 1 amide bonds. The minimum absolute atomic E-state index is 0.0584.